The Labute approximate surface area is 147 Å². The Morgan fingerprint density at radius 2 is 2.04 bits per heavy atom. The van der Waals surface area contributed by atoms with Gasteiger partial charge in [-0.2, -0.15) is 0 Å². The summed E-state index contributed by atoms with van der Waals surface area (Å²) in [6.45, 7) is 3.64. The number of benzene rings is 2. The van der Waals surface area contributed by atoms with Crippen LogP contribution in [0.25, 0.3) is 11.0 Å². The summed E-state index contributed by atoms with van der Waals surface area (Å²) in [6.07, 6.45) is 3.05. The predicted octanol–water partition coefficient (Wildman–Crippen LogP) is 3.30. The summed E-state index contributed by atoms with van der Waals surface area (Å²) in [7, 11) is 0. The summed E-state index contributed by atoms with van der Waals surface area (Å²) in [5.74, 6) is 0.103. The van der Waals surface area contributed by atoms with Crippen molar-refractivity contribution in [1.82, 2.24) is 19.9 Å². The summed E-state index contributed by atoms with van der Waals surface area (Å²) in [5.41, 5.74) is 3.75. The highest BCUT2D eigenvalue weighted by atomic mass is 16.2. The number of aryl methyl sites for hydroxylation is 1. The molecule has 3 aromatic rings. The summed E-state index contributed by atoms with van der Waals surface area (Å²) >= 11 is 0. The van der Waals surface area contributed by atoms with Gasteiger partial charge in [0.25, 0.3) is 5.91 Å². The smallest absolute Gasteiger partial charge is 0.254 e. The van der Waals surface area contributed by atoms with Crippen LogP contribution in [0, 0.1) is 0 Å². The number of carbonyl (C=O) groups excluding carboxylic acids is 1. The summed E-state index contributed by atoms with van der Waals surface area (Å²) in [5, 5.41) is 8.31. The maximum atomic E-state index is 13.0. The number of amides is 1. The van der Waals surface area contributed by atoms with E-state index >= 15 is 0 Å². The van der Waals surface area contributed by atoms with E-state index in [-0.39, 0.29) is 11.9 Å². The van der Waals surface area contributed by atoms with Crippen molar-refractivity contribution in [2.45, 2.75) is 38.8 Å². The van der Waals surface area contributed by atoms with Crippen LogP contribution < -0.4 is 0 Å². The SMILES string of the molecule is CCn1nnc2cc(C(=O)N3CCCC3Cc3ccccc3)ccc21. The molecule has 0 bridgehead atoms. The Morgan fingerprint density at radius 1 is 1.20 bits per heavy atom. The van der Waals surface area contributed by atoms with Crippen LogP contribution in [0.4, 0.5) is 0 Å². The molecule has 0 saturated carbocycles. The van der Waals surface area contributed by atoms with Gasteiger partial charge in [0.15, 0.2) is 0 Å². The molecular weight excluding hydrogens is 312 g/mol. The van der Waals surface area contributed by atoms with Gasteiger partial charge in [-0.15, -0.1) is 5.10 Å². The minimum atomic E-state index is 0.103. The van der Waals surface area contributed by atoms with Crippen molar-refractivity contribution in [3.05, 3.63) is 59.7 Å². The second kappa shape index (κ2) is 6.67. The van der Waals surface area contributed by atoms with E-state index in [0.29, 0.717) is 5.56 Å². The monoisotopic (exact) mass is 334 g/mol. The van der Waals surface area contributed by atoms with Crippen molar-refractivity contribution in [3.63, 3.8) is 0 Å². The van der Waals surface area contributed by atoms with Gasteiger partial charge in [-0.1, -0.05) is 35.5 Å². The largest absolute Gasteiger partial charge is 0.335 e. The zero-order valence-electron chi connectivity index (χ0n) is 14.4. The van der Waals surface area contributed by atoms with Gasteiger partial charge in [0.1, 0.15) is 5.52 Å². The third-order valence-corrected chi connectivity index (χ3v) is 5.01. The van der Waals surface area contributed by atoms with E-state index in [0.717, 1.165) is 43.4 Å². The molecule has 1 fully saturated rings. The molecular formula is C20H22N4O. The first-order chi connectivity index (χ1) is 12.3. The van der Waals surface area contributed by atoms with Gasteiger partial charge in [0.2, 0.25) is 0 Å². The molecule has 128 valence electrons. The highest BCUT2D eigenvalue weighted by Crippen LogP contribution is 2.24. The lowest BCUT2D eigenvalue weighted by Crippen LogP contribution is -2.36. The Bertz CT molecular complexity index is 887. The molecule has 5 nitrogen and oxygen atoms in total. The predicted molar refractivity (Wildman–Crippen MR) is 97.4 cm³/mol. The summed E-state index contributed by atoms with van der Waals surface area (Å²) in [6, 6.07) is 16.4. The number of likely N-dealkylation sites (tertiary alicyclic amines) is 1. The number of aromatic nitrogens is 3. The van der Waals surface area contributed by atoms with Crippen molar-refractivity contribution in [3.8, 4) is 0 Å². The first kappa shape index (κ1) is 15.8. The molecule has 2 aromatic carbocycles. The fourth-order valence-electron chi connectivity index (χ4n) is 3.71. The third kappa shape index (κ3) is 3.02. The van der Waals surface area contributed by atoms with E-state index in [4.69, 9.17) is 0 Å². The summed E-state index contributed by atoms with van der Waals surface area (Å²) in [4.78, 5) is 15.1. The van der Waals surface area contributed by atoms with Crippen molar-refractivity contribution in [1.29, 1.82) is 0 Å². The Balaban J connectivity index is 1.57. The maximum Gasteiger partial charge on any atom is 0.254 e. The average molecular weight is 334 g/mol. The average Bonchev–Trinajstić information content (AvgIpc) is 3.28. The molecule has 0 N–H and O–H groups in total. The quantitative estimate of drug-likeness (QED) is 0.735. The van der Waals surface area contributed by atoms with Gasteiger partial charge in [0, 0.05) is 24.7 Å². The molecule has 25 heavy (non-hydrogen) atoms. The third-order valence-electron chi connectivity index (χ3n) is 5.01. The standard InChI is InChI=1S/C20H22N4O/c1-2-24-19-11-10-16(14-18(19)21-22-24)20(25)23-12-6-9-17(23)13-15-7-4-3-5-8-15/h3-5,7-8,10-11,14,17H,2,6,9,12-13H2,1H3. The van der Waals surface area contributed by atoms with Crippen molar-refractivity contribution < 1.29 is 4.79 Å². The molecule has 5 heteroatoms. The molecule has 1 aromatic heterocycles. The lowest BCUT2D eigenvalue weighted by molar-refractivity contribution is 0.0736. The van der Waals surface area contributed by atoms with Crippen molar-refractivity contribution in [2.24, 2.45) is 0 Å². The minimum absolute atomic E-state index is 0.103. The molecule has 1 unspecified atom stereocenters. The number of nitrogens with zero attached hydrogens (tertiary/aromatic N) is 4. The Hall–Kier alpha value is -2.69. The number of fused-ring (bicyclic) bond motifs is 1. The number of hydrogen-bond acceptors (Lipinski definition) is 3. The Kier molecular flexibility index (Phi) is 4.22. The molecule has 1 amide bonds. The number of rotatable bonds is 4. The van der Waals surface area contributed by atoms with Gasteiger partial charge in [-0.3, -0.25) is 4.79 Å². The van der Waals surface area contributed by atoms with E-state index in [1.54, 1.807) is 0 Å². The van der Waals surface area contributed by atoms with Crippen LogP contribution in [0.5, 0.6) is 0 Å². The highest BCUT2D eigenvalue weighted by molar-refractivity contribution is 5.97. The van der Waals surface area contributed by atoms with Crippen molar-refractivity contribution >= 4 is 16.9 Å². The topological polar surface area (TPSA) is 51.0 Å². The van der Waals surface area contributed by atoms with Gasteiger partial charge >= 0.3 is 0 Å². The van der Waals surface area contributed by atoms with Crippen LogP contribution in [0.2, 0.25) is 0 Å². The lowest BCUT2D eigenvalue weighted by Gasteiger charge is -2.25. The molecule has 0 spiro atoms. The molecule has 0 aliphatic carbocycles. The van der Waals surface area contributed by atoms with Crippen LogP contribution in [0.1, 0.15) is 35.7 Å². The lowest BCUT2D eigenvalue weighted by atomic mass is 10.0. The van der Waals surface area contributed by atoms with Crippen LogP contribution in [-0.4, -0.2) is 38.4 Å². The van der Waals surface area contributed by atoms with Crippen LogP contribution in [0.3, 0.4) is 0 Å². The fourth-order valence-corrected chi connectivity index (χ4v) is 3.71. The van der Waals surface area contributed by atoms with Gasteiger partial charge in [-0.25, -0.2) is 4.68 Å². The second-order valence-corrected chi connectivity index (χ2v) is 6.59. The molecule has 0 radical (unpaired) electrons. The Morgan fingerprint density at radius 3 is 2.84 bits per heavy atom. The molecule has 4 rings (SSSR count). The van der Waals surface area contributed by atoms with Crippen LogP contribution in [0.15, 0.2) is 48.5 Å². The minimum Gasteiger partial charge on any atom is -0.335 e. The molecule has 1 atom stereocenters. The zero-order chi connectivity index (χ0) is 17.2. The second-order valence-electron chi connectivity index (χ2n) is 6.59. The first-order valence-electron chi connectivity index (χ1n) is 8.94. The highest BCUT2D eigenvalue weighted by Gasteiger charge is 2.29. The van der Waals surface area contributed by atoms with Gasteiger partial charge < -0.3 is 4.90 Å². The molecule has 1 aliphatic rings. The normalized spacial score (nSPS) is 17.3. The van der Waals surface area contributed by atoms with E-state index in [1.165, 1.54) is 5.56 Å². The molecule has 1 saturated heterocycles. The maximum absolute atomic E-state index is 13.0. The van der Waals surface area contributed by atoms with Gasteiger partial charge in [-0.05, 0) is 49.9 Å². The molecule has 1 aliphatic heterocycles. The summed E-state index contributed by atoms with van der Waals surface area (Å²) < 4.78 is 1.84. The van der Waals surface area contributed by atoms with E-state index in [1.807, 2.05) is 40.8 Å². The molecule has 2 heterocycles. The fraction of sp³-hybridized carbons (Fsp3) is 0.350. The van der Waals surface area contributed by atoms with Crippen molar-refractivity contribution in [2.75, 3.05) is 6.54 Å². The van der Waals surface area contributed by atoms with E-state index in [9.17, 15) is 4.79 Å². The first-order valence-corrected chi connectivity index (χ1v) is 8.94. The van der Waals surface area contributed by atoms with E-state index < -0.39 is 0 Å². The van der Waals surface area contributed by atoms with E-state index in [2.05, 4.69) is 34.6 Å². The zero-order valence-corrected chi connectivity index (χ0v) is 14.4. The number of carbonyl (C=O) groups is 1. The van der Waals surface area contributed by atoms with Crippen LogP contribution >= 0.6 is 0 Å². The number of hydrogen-bond donors (Lipinski definition) is 0. The van der Waals surface area contributed by atoms with Gasteiger partial charge in [0.05, 0.1) is 5.52 Å². The van der Waals surface area contributed by atoms with Crippen LogP contribution in [-0.2, 0) is 13.0 Å².